The predicted octanol–water partition coefficient (Wildman–Crippen LogP) is 3.10. The third kappa shape index (κ3) is 3.69. The molecule has 4 heteroatoms. The number of nitrogen functional groups attached to an aromatic ring is 1. The average Bonchev–Trinajstić information content (AvgIpc) is 2.22. The molecule has 1 aromatic rings. The quantitative estimate of drug-likeness (QED) is 0.621. The highest BCUT2D eigenvalue weighted by atomic mass is 31.2. The van der Waals surface area contributed by atoms with Gasteiger partial charge in [0.25, 0.3) is 0 Å². The Morgan fingerprint density at radius 3 is 2.33 bits per heavy atom. The summed E-state index contributed by atoms with van der Waals surface area (Å²) >= 11 is 0. The maximum absolute atomic E-state index is 12.2. The molecule has 0 aliphatic carbocycles. The van der Waals surface area contributed by atoms with Crippen LogP contribution in [0.1, 0.15) is 19.4 Å². The van der Waals surface area contributed by atoms with Crippen molar-refractivity contribution in [1.29, 1.82) is 0 Å². The highest BCUT2D eigenvalue weighted by Crippen LogP contribution is 2.49. The van der Waals surface area contributed by atoms with E-state index in [2.05, 4.69) is 0 Å². The summed E-state index contributed by atoms with van der Waals surface area (Å²) in [5.74, 6) is 0. The van der Waals surface area contributed by atoms with Gasteiger partial charge in [0.15, 0.2) is 0 Å². The summed E-state index contributed by atoms with van der Waals surface area (Å²) in [6, 6.07) is 7.44. The fourth-order valence-corrected chi connectivity index (χ4v) is 3.12. The Morgan fingerprint density at radius 1 is 1.27 bits per heavy atom. The topological polar surface area (TPSA) is 52.3 Å². The number of hydrogen-bond donors (Lipinski definition) is 1. The number of nitrogens with two attached hydrogens (primary N) is 1. The molecule has 0 saturated heterocycles. The summed E-state index contributed by atoms with van der Waals surface area (Å²) < 4.78 is 17.5. The Balaban J connectivity index is 2.75. The van der Waals surface area contributed by atoms with Gasteiger partial charge in [-0.3, -0.25) is 4.57 Å². The van der Waals surface area contributed by atoms with Gasteiger partial charge in [0.1, 0.15) is 0 Å². The molecule has 0 aliphatic rings. The fraction of sp³-hybridized carbons (Fsp3) is 0.455. The monoisotopic (exact) mass is 227 g/mol. The molecule has 0 bridgehead atoms. The van der Waals surface area contributed by atoms with E-state index >= 15 is 0 Å². The lowest BCUT2D eigenvalue weighted by atomic mass is 10.2. The molecule has 1 atom stereocenters. The van der Waals surface area contributed by atoms with E-state index in [0.29, 0.717) is 18.9 Å². The summed E-state index contributed by atoms with van der Waals surface area (Å²) in [7, 11) is -2.48. The Bertz CT molecular complexity index is 348. The third-order valence-electron chi connectivity index (χ3n) is 2.25. The van der Waals surface area contributed by atoms with E-state index in [1.807, 2.05) is 38.1 Å². The highest BCUT2D eigenvalue weighted by molar-refractivity contribution is 7.58. The van der Waals surface area contributed by atoms with Crippen LogP contribution < -0.4 is 5.73 Å². The van der Waals surface area contributed by atoms with E-state index < -0.39 is 7.37 Å². The van der Waals surface area contributed by atoms with Crippen LogP contribution in [0.4, 0.5) is 5.69 Å². The molecule has 0 aliphatic heterocycles. The maximum atomic E-state index is 12.2. The summed E-state index contributed by atoms with van der Waals surface area (Å²) in [4.78, 5) is 0. The molecule has 0 amide bonds. The molecule has 0 radical (unpaired) electrons. The van der Waals surface area contributed by atoms with Gasteiger partial charge in [-0.15, -0.1) is 0 Å². The lowest BCUT2D eigenvalue weighted by molar-refractivity contribution is 0.333. The smallest absolute Gasteiger partial charge is 0.207 e. The van der Waals surface area contributed by atoms with E-state index in [0.717, 1.165) is 11.3 Å². The van der Waals surface area contributed by atoms with Gasteiger partial charge in [0.2, 0.25) is 7.37 Å². The van der Waals surface area contributed by atoms with Gasteiger partial charge in [-0.05, 0) is 24.6 Å². The molecule has 15 heavy (non-hydrogen) atoms. The van der Waals surface area contributed by atoms with Crippen LogP contribution in [0, 0.1) is 0 Å². The second kappa shape index (κ2) is 5.34. The Labute approximate surface area is 91.1 Å². The van der Waals surface area contributed by atoms with Crippen molar-refractivity contribution >= 4 is 13.1 Å². The summed E-state index contributed by atoms with van der Waals surface area (Å²) in [6.07, 6.45) is 1.07. The minimum Gasteiger partial charge on any atom is -0.399 e. The summed E-state index contributed by atoms with van der Waals surface area (Å²) in [5.41, 5.74) is 7.32. The molecule has 0 aromatic heterocycles. The molecular formula is C11H18NO2P. The number of benzene rings is 1. The van der Waals surface area contributed by atoms with Gasteiger partial charge < -0.3 is 10.3 Å². The van der Waals surface area contributed by atoms with Crippen molar-refractivity contribution in [3.63, 3.8) is 0 Å². The normalized spacial score (nSPS) is 14.8. The first kappa shape index (κ1) is 12.3. The van der Waals surface area contributed by atoms with Crippen LogP contribution in [0.25, 0.3) is 0 Å². The largest absolute Gasteiger partial charge is 0.399 e. The maximum Gasteiger partial charge on any atom is 0.207 e. The van der Waals surface area contributed by atoms with E-state index in [9.17, 15) is 4.57 Å². The van der Waals surface area contributed by atoms with Gasteiger partial charge in [0, 0.05) is 18.0 Å². The average molecular weight is 227 g/mol. The van der Waals surface area contributed by atoms with E-state index in [1.165, 1.54) is 0 Å². The van der Waals surface area contributed by atoms with Crippen LogP contribution in [-0.2, 0) is 15.3 Å². The number of rotatable bonds is 5. The fourth-order valence-electron chi connectivity index (χ4n) is 1.39. The molecule has 3 nitrogen and oxygen atoms in total. The molecule has 0 saturated carbocycles. The minimum atomic E-state index is -2.48. The van der Waals surface area contributed by atoms with Crippen LogP contribution >= 0.6 is 7.37 Å². The van der Waals surface area contributed by atoms with Crippen LogP contribution in [-0.4, -0.2) is 12.8 Å². The van der Waals surface area contributed by atoms with Crippen molar-refractivity contribution in [2.45, 2.75) is 20.0 Å². The van der Waals surface area contributed by atoms with Gasteiger partial charge in [-0.25, -0.2) is 0 Å². The predicted molar refractivity (Wildman–Crippen MR) is 64.3 cm³/mol. The van der Waals surface area contributed by atoms with Gasteiger partial charge in [-0.1, -0.05) is 19.1 Å². The summed E-state index contributed by atoms with van der Waals surface area (Å²) in [6.45, 7) is 4.26. The summed E-state index contributed by atoms with van der Waals surface area (Å²) in [5, 5.41) is 0. The van der Waals surface area contributed by atoms with Crippen molar-refractivity contribution in [2.24, 2.45) is 0 Å². The molecule has 0 spiro atoms. The molecule has 1 aromatic carbocycles. The van der Waals surface area contributed by atoms with Crippen LogP contribution in [0.5, 0.6) is 0 Å². The molecule has 0 fully saturated rings. The third-order valence-corrected chi connectivity index (χ3v) is 4.79. The first-order valence-corrected chi connectivity index (χ1v) is 7.16. The zero-order valence-corrected chi connectivity index (χ0v) is 10.2. The van der Waals surface area contributed by atoms with E-state index in [-0.39, 0.29) is 0 Å². The Hall–Kier alpha value is -0.790. The number of hydrogen-bond acceptors (Lipinski definition) is 3. The van der Waals surface area contributed by atoms with Crippen LogP contribution in [0.15, 0.2) is 24.3 Å². The highest BCUT2D eigenvalue weighted by Gasteiger charge is 2.20. The molecule has 84 valence electrons. The van der Waals surface area contributed by atoms with Crippen molar-refractivity contribution < 1.29 is 9.09 Å². The zero-order chi connectivity index (χ0) is 11.3. The van der Waals surface area contributed by atoms with Crippen LogP contribution in [0.2, 0.25) is 0 Å². The molecule has 0 heterocycles. The SMILES string of the molecule is CCO[P@@](=O)(CC)Cc1ccc(N)cc1. The molecule has 1 rings (SSSR count). The first-order chi connectivity index (χ1) is 7.09. The van der Waals surface area contributed by atoms with Crippen molar-refractivity contribution in [3.05, 3.63) is 29.8 Å². The molecular weight excluding hydrogens is 209 g/mol. The van der Waals surface area contributed by atoms with Crippen LogP contribution in [0.3, 0.4) is 0 Å². The standard InChI is InChI=1S/C11H18NO2P/c1-3-14-15(13,4-2)9-10-5-7-11(12)8-6-10/h5-8H,3-4,9,12H2,1-2H3/t15-/m0/s1. The van der Waals surface area contributed by atoms with E-state index in [4.69, 9.17) is 10.3 Å². The van der Waals surface area contributed by atoms with Crippen molar-refractivity contribution in [1.82, 2.24) is 0 Å². The molecule has 2 N–H and O–H groups in total. The first-order valence-electron chi connectivity index (χ1n) is 5.16. The second-order valence-electron chi connectivity index (χ2n) is 3.45. The lowest BCUT2D eigenvalue weighted by Crippen LogP contribution is -1.97. The second-order valence-corrected chi connectivity index (χ2v) is 6.28. The van der Waals surface area contributed by atoms with Crippen molar-refractivity contribution in [2.75, 3.05) is 18.5 Å². The zero-order valence-electron chi connectivity index (χ0n) is 9.27. The van der Waals surface area contributed by atoms with Gasteiger partial charge in [0.05, 0.1) is 6.61 Å². The van der Waals surface area contributed by atoms with Crippen molar-refractivity contribution in [3.8, 4) is 0 Å². The molecule has 0 unspecified atom stereocenters. The van der Waals surface area contributed by atoms with Gasteiger partial charge in [-0.2, -0.15) is 0 Å². The minimum absolute atomic E-state index is 0.498. The Kier molecular flexibility index (Phi) is 4.37. The lowest BCUT2D eigenvalue weighted by Gasteiger charge is -2.15. The van der Waals surface area contributed by atoms with Gasteiger partial charge >= 0.3 is 0 Å². The number of anilines is 1. The van der Waals surface area contributed by atoms with E-state index in [1.54, 1.807) is 0 Å². The Morgan fingerprint density at radius 2 is 1.87 bits per heavy atom.